The number of carbonyl (C=O) groups is 3. The summed E-state index contributed by atoms with van der Waals surface area (Å²) in [5.74, 6) is -0.738. The number of amidine groups is 2. The van der Waals surface area contributed by atoms with Crippen molar-refractivity contribution in [2.24, 2.45) is 27.6 Å². The Kier molecular flexibility index (Phi) is 21.4. The fourth-order valence-corrected chi connectivity index (χ4v) is 14.2. The van der Waals surface area contributed by atoms with Gasteiger partial charge in [-0.25, -0.2) is 57.2 Å². The molecule has 488 valence electrons. The van der Waals surface area contributed by atoms with E-state index in [2.05, 4.69) is 71.7 Å². The molecule has 4 aliphatic heterocycles. The van der Waals surface area contributed by atoms with Gasteiger partial charge in [0, 0.05) is 63.1 Å². The van der Waals surface area contributed by atoms with E-state index in [9.17, 15) is 32.7 Å². The van der Waals surface area contributed by atoms with Gasteiger partial charge in [-0.05, 0) is 108 Å². The average molecular weight is 1350 g/mol. The van der Waals surface area contributed by atoms with Crippen molar-refractivity contribution in [3.8, 4) is 36.4 Å². The van der Waals surface area contributed by atoms with Crippen LogP contribution >= 0.6 is 33.3 Å². The summed E-state index contributed by atoms with van der Waals surface area (Å²) >= 11 is 2.06. The molecule has 10 rings (SSSR count). The summed E-state index contributed by atoms with van der Waals surface area (Å²) in [4.78, 5) is 75.0. The number of likely N-dealkylation sites (tertiary alicyclic amines) is 1. The molecule has 8 atom stereocenters. The number of amides is 2. The number of nitrogens with zero attached hydrogens (tertiary/aromatic N) is 10. The topological polar surface area (TPSA) is 255 Å². The molecule has 0 unspecified atom stereocenters. The van der Waals surface area contributed by atoms with Crippen LogP contribution in [0.25, 0.3) is 23.8 Å². The Morgan fingerprint density at radius 3 is 1.82 bits per heavy atom. The fraction of sp³-hybridized carbons (Fsp3) is 0.492. The SMILES string of the molecule is C#CCOc1cnc(/C(F)=C/c2cnc(F)c([C@@]3(C)N=C(N(COCC[Si](C)(C)C)C(=O)OC(C)(C)C)S[C@@]4(C(=O)O)C[C@H]43)c2)cn1.C#CCOc1cnc(/C(F)=C/c2cnc(F)c([C@@]3(C)N=C(N)S[C@@]4(C(=O)N5CC[C@H](F)C5)C[C@H]43)c2)cn1.F[C@H]1CCNC1.[3H]P([3H])[3H]. The molecule has 30 heteroatoms. The third-order valence-corrected chi connectivity index (χ3v) is 19.8. The first-order valence-electron chi connectivity index (χ1n) is 30.0. The maximum atomic E-state index is 15.6. The Morgan fingerprint density at radius 1 is 0.846 bits per heavy atom. The number of carbonyl (C=O) groups excluding carboxylic acids is 2. The van der Waals surface area contributed by atoms with Gasteiger partial charge >= 0.3 is 12.1 Å². The molecule has 0 bridgehead atoms. The molecule has 2 aliphatic carbocycles. The van der Waals surface area contributed by atoms with Crippen LogP contribution in [-0.4, -0.2) is 165 Å². The first-order valence-corrected chi connectivity index (χ1v) is 34.0. The Bertz CT molecular complexity index is 3620. The monoisotopic (exact) mass is 1340 g/mol. The molecule has 91 heavy (non-hydrogen) atoms. The molecule has 4 fully saturated rings. The van der Waals surface area contributed by atoms with Crippen LogP contribution in [0, 0.1) is 48.4 Å². The second kappa shape index (κ2) is 29.2. The summed E-state index contributed by atoms with van der Waals surface area (Å²) in [5.41, 5.74) is 2.82. The molecule has 2 amide bonds. The Morgan fingerprint density at radius 2 is 1.38 bits per heavy atom. The van der Waals surface area contributed by atoms with Crippen molar-refractivity contribution in [1.82, 2.24) is 45.0 Å². The zero-order valence-electron chi connectivity index (χ0n) is 54.3. The zero-order valence-corrected chi connectivity index (χ0v) is 54.8. The van der Waals surface area contributed by atoms with Crippen molar-refractivity contribution in [3.63, 3.8) is 0 Å². The molecular weight excluding hydrogens is 1270 g/mol. The van der Waals surface area contributed by atoms with Gasteiger partial charge in [-0.3, -0.25) is 19.6 Å². The Labute approximate surface area is 540 Å². The number of rotatable bonds is 17. The number of fused-ring (bicyclic) bond motifs is 2. The predicted molar refractivity (Wildman–Crippen MR) is 344 cm³/mol. The summed E-state index contributed by atoms with van der Waals surface area (Å²) in [7, 11) is -3.33. The van der Waals surface area contributed by atoms with Crippen LogP contribution in [0.3, 0.4) is 0 Å². The van der Waals surface area contributed by atoms with Gasteiger partial charge in [0.2, 0.25) is 29.6 Å². The number of hydrogen-bond donors (Lipinski definition) is 3. The van der Waals surface area contributed by atoms with Crippen LogP contribution in [0.15, 0.2) is 59.3 Å². The summed E-state index contributed by atoms with van der Waals surface area (Å²) in [5, 5.41) is 13.4. The van der Waals surface area contributed by atoms with Gasteiger partial charge < -0.3 is 40.0 Å². The van der Waals surface area contributed by atoms with E-state index < -0.39 is 97.9 Å². The summed E-state index contributed by atoms with van der Waals surface area (Å²) in [6.07, 6.45) is 18.8. The van der Waals surface area contributed by atoms with E-state index in [-0.39, 0.29) is 100 Å². The number of aliphatic imine (C=N–C) groups is 2. The van der Waals surface area contributed by atoms with E-state index in [0.717, 1.165) is 65.6 Å². The normalized spacial score (nSPS) is 26.0. The lowest BCUT2D eigenvalue weighted by Crippen LogP contribution is -2.47. The number of aliphatic carboxylic acids is 1. The highest BCUT2D eigenvalue weighted by Gasteiger charge is 2.73. The molecule has 20 nitrogen and oxygen atoms in total. The minimum atomic E-state index is -1.87. The van der Waals surface area contributed by atoms with Crippen molar-refractivity contribution >= 4 is 93.4 Å². The number of nitrogens with two attached hydrogens (primary N) is 1. The number of ether oxygens (including phenoxy) is 4. The van der Waals surface area contributed by atoms with Crippen molar-refractivity contribution in [3.05, 3.63) is 94.9 Å². The van der Waals surface area contributed by atoms with Crippen LogP contribution in [0.4, 0.5) is 31.1 Å². The highest BCUT2D eigenvalue weighted by Crippen LogP contribution is 2.68. The number of halogens is 6. The van der Waals surface area contributed by atoms with Gasteiger partial charge in [-0.15, -0.1) is 12.8 Å². The molecule has 0 aromatic carbocycles. The summed E-state index contributed by atoms with van der Waals surface area (Å²) in [6, 6.07) is 3.63. The lowest BCUT2D eigenvalue weighted by atomic mass is 9.86. The van der Waals surface area contributed by atoms with Crippen LogP contribution in [-0.2, 0) is 30.1 Å². The molecular formula is C61H73F6N12O8PS2Si. The van der Waals surface area contributed by atoms with Crippen LogP contribution in [0.5, 0.6) is 11.8 Å². The Hall–Kier alpha value is -7.14. The summed E-state index contributed by atoms with van der Waals surface area (Å²) in [6.45, 7) is 16.9. The van der Waals surface area contributed by atoms with Gasteiger partial charge in [0.25, 0.3) is 0 Å². The first-order chi connectivity index (χ1) is 44.2. The quantitative estimate of drug-likeness (QED) is 0.0169. The van der Waals surface area contributed by atoms with Gasteiger partial charge in [-0.2, -0.15) is 18.5 Å². The van der Waals surface area contributed by atoms with E-state index in [0.29, 0.717) is 39.0 Å². The number of carboxylic acid groups (broad SMARTS) is 1. The van der Waals surface area contributed by atoms with Gasteiger partial charge in [0.15, 0.2) is 35.2 Å². The van der Waals surface area contributed by atoms with Crippen molar-refractivity contribution in [2.45, 2.75) is 125 Å². The minimum Gasteiger partial charge on any atom is -0.480 e. The summed E-state index contributed by atoms with van der Waals surface area (Å²) < 4.78 is 124. The number of alkyl halides is 2. The number of thioether (sulfide) groups is 2. The van der Waals surface area contributed by atoms with Gasteiger partial charge in [-0.1, -0.05) is 55.0 Å². The number of carboxylic acids is 1. The zero-order chi connectivity index (χ0) is 69.1. The third kappa shape index (κ3) is 17.1. The Balaban J connectivity index is 0.000000236. The average Bonchev–Trinajstić information content (AvgIpc) is 1.53. The van der Waals surface area contributed by atoms with E-state index >= 15 is 13.2 Å². The molecule has 6 aliphatic rings. The maximum absolute atomic E-state index is 15.6. The number of hydrogen-bond acceptors (Lipinski definition) is 19. The highest BCUT2D eigenvalue weighted by molar-refractivity contribution is 8.16. The van der Waals surface area contributed by atoms with E-state index in [4.69, 9.17) is 46.4 Å². The number of terminal acetylenes is 2. The number of pyridine rings is 2. The highest BCUT2D eigenvalue weighted by atomic mass is 32.2. The van der Waals surface area contributed by atoms with Gasteiger partial charge in [0.05, 0.1) is 46.2 Å². The molecule has 4 aromatic heterocycles. The molecule has 2 saturated heterocycles. The first kappa shape index (κ1) is 66.8. The lowest BCUT2D eigenvalue weighted by molar-refractivity contribution is -0.137. The molecule has 4 N–H and O–H groups in total. The van der Waals surface area contributed by atoms with Crippen molar-refractivity contribution in [2.75, 3.05) is 52.7 Å². The van der Waals surface area contributed by atoms with Crippen LogP contribution in [0.1, 0.15) is 93.9 Å². The van der Waals surface area contributed by atoms with E-state index in [1.807, 2.05) is 0 Å². The largest absolute Gasteiger partial charge is 0.480 e. The molecule has 8 heterocycles. The minimum absolute atomic E-state index is 0.00290. The van der Waals surface area contributed by atoms with Crippen molar-refractivity contribution < 1.29 is 64.8 Å². The maximum Gasteiger partial charge on any atom is 0.418 e. The number of aromatic nitrogens is 6. The number of nitrogens with one attached hydrogen (secondary N) is 1. The van der Waals surface area contributed by atoms with Crippen molar-refractivity contribution in [1.29, 1.82) is 3.84 Å². The van der Waals surface area contributed by atoms with E-state index in [1.54, 1.807) is 34.6 Å². The standard InChI is InChI=1S/C32H39F2N5O6SSi.C25H23F3N6O2S.C4H8FN.H3P/c1-9-10-44-25-18-35-23(17-36-25)22(33)14-20-13-21(26(34)37-16-20)31(5)24-15-32(24,27(40)41)46-28(38-31)39(29(42)45-30(2,3)4)19-43-11-12-47(6,7)8;1-3-6-36-20-12-30-18(11-31-20)17(27)8-14-7-16(21(28)32-10-14)24(2)19-9-25(19,37-23(29)33-24)22(35)34-5-4-15(26)13-34;5-4-1-2-6-3-4;/h1,13-14,16-18,24H,10-12,15,19H2,2-8H3,(H,40,41);1,7-8,10-12,15,19H,4-6,9,13H2,2H3,(H2,29,33);4,6H,1-3H2;1H3/b22-14-;17-8-;;/t24-,31+,32-;15-,19-,24+,25-;4-;/m000./s1/i;;;1T3. The molecule has 0 radical (unpaired) electrons. The second-order valence-corrected chi connectivity index (χ2v) is 32.9. The fourth-order valence-electron chi connectivity index (χ4n) is 10.5. The van der Waals surface area contributed by atoms with Crippen LogP contribution in [0.2, 0.25) is 25.7 Å². The van der Waals surface area contributed by atoms with E-state index in [1.165, 1.54) is 41.8 Å². The predicted octanol–water partition coefficient (Wildman–Crippen LogP) is 9.67. The molecule has 4 aromatic rings. The molecule has 2 saturated carbocycles. The van der Waals surface area contributed by atoms with Crippen LogP contribution < -0.4 is 20.5 Å². The van der Waals surface area contributed by atoms with Gasteiger partial charge in [0.1, 0.15) is 45.6 Å². The lowest BCUT2D eigenvalue weighted by Gasteiger charge is -2.37. The second-order valence-electron chi connectivity index (χ2n) is 24.6. The third-order valence-electron chi connectivity index (χ3n) is 15.4. The smallest absolute Gasteiger partial charge is 0.418 e. The molecule has 0 spiro atoms.